The third-order valence-electron chi connectivity index (χ3n) is 3.69. The third kappa shape index (κ3) is 2.95. The van der Waals surface area contributed by atoms with Gasteiger partial charge in [-0.05, 0) is 31.7 Å². The molecule has 1 N–H and O–H groups in total. The molecule has 1 aromatic rings. The fraction of sp³-hybridized carbons (Fsp3) is 0.533. The highest BCUT2D eigenvalue weighted by molar-refractivity contribution is 5.46. The van der Waals surface area contributed by atoms with E-state index in [0.717, 1.165) is 12.8 Å². The average molecular weight is 261 g/mol. The maximum Gasteiger partial charge on any atom is 0.170 e. The molecule has 0 aromatic carbocycles. The van der Waals surface area contributed by atoms with Crippen molar-refractivity contribution in [3.63, 3.8) is 0 Å². The van der Waals surface area contributed by atoms with Crippen molar-refractivity contribution in [1.82, 2.24) is 10.3 Å². The van der Waals surface area contributed by atoms with Crippen LogP contribution in [0.15, 0.2) is 24.9 Å². The molecule has 0 bridgehead atoms. The maximum atomic E-state index is 14.5. The fourth-order valence-corrected chi connectivity index (χ4v) is 2.28. The zero-order valence-corrected chi connectivity index (χ0v) is 11.1. The summed E-state index contributed by atoms with van der Waals surface area (Å²) < 4.78 is 14.5. The Morgan fingerprint density at radius 1 is 1.42 bits per heavy atom. The van der Waals surface area contributed by atoms with Gasteiger partial charge in [0.25, 0.3) is 0 Å². The van der Waals surface area contributed by atoms with Crippen LogP contribution < -0.4 is 10.2 Å². The van der Waals surface area contributed by atoms with Crippen LogP contribution in [0.25, 0.3) is 0 Å². The lowest BCUT2D eigenvalue weighted by molar-refractivity contribution is 0.575. The van der Waals surface area contributed by atoms with E-state index in [4.69, 9.17) is 0 Å². The molecule has 0 radical (unpaired) electrons. The van der Waals surface area contributed by atoms with Crippen LogP contribution in [0.2, 0.25) is 0 Å². The summed E-state index contributed by atoms with van der Waals surface area (Å²) in [6.07, 6.45) is 8.20. The highest BCUT2D eigenvalue weighted by atomic mass is 19.1. The quantitative estimate of drug-likeness (QED) is 0.765. The Morgan fingerprint density at radius 2 is 2.21 bits per heavy atom. The summed E-state index contributed by atoms with van der Waals surface area (Å²) >= 11 is 0. The van der Waals surface area contributed by atoms with E-state index in [1.54, 1.807) is 12.3 Å². The Kier molecular flexibility index (Phi) is 3.51. The van der Waals surface area contributed by atoms with E-state index in [-0.39, 0.29) is 5.82 Å². The highest BCUT2D eigenvalue weighted by Crippen LogP contribution is 2.32. The predicted octanol–water partition coefficient (Wildman–Crippen LogP) is 2.63. The van der Waals surface area contributed by atoms with Gasteiger partial charge in [0.05, 0.1) is 0 Å². The van der Waals surface area contributed by atoms with Gasteiger partial charge in [0.15, 0.2) is 11.6 Å². The lowest BCUT2D eigenvalue weighted by Crippen LogP contribution is -2.28. The number of anilines is 1. The molecule has 102 valence electrons. The van der Waals surface area contributed by atoms with Crippen molar-refractivity contribution >= 4 is 5.82 Å². The van der Waals surface area contributed by atoms with E-state index in [0.29, 0.717) is 36.6 Å². The Morgan fingerprint density at radius 3 is 2.84 bits per heavy atom. The van der Waals surface area contributed by atoms with E-state index < -0.39 is 0 Å². The Hall–Kier alpha value is -1.42. The SMILES string of the molecule is C=CCN(c1nccc(CNC2CC2)c1F)C1CC1. The van der Waals surface area contributed by atoms with Gasteiger partial charge in [0, 0.05) is 36.9 Å². The Balaban J connectivity index is 1.78. The number of nitrogens with one attached hydrogen (secondary N) is 1. The second-order valence-corrected chi connectivity index (χ2v) is 5.44. The van der Waals surface area contributed by atoms with Crippen molar-refractivity contribution in [2.75, 3.05) is 11.4 Å². The van der Waals surface area contributed by atoms with Gasteiger partial charge in [-0.2, -0.15) is 0 Å². The molecule has 19 heavy (non-hydrogen) atoms. The van der Waals surface area contributed by atoms with Gasteiger partial charge in [-0.3, -0.25) is 0 Å². The molecule has 0 unspecified atom stereocenters. The number of halogens is 1. The fourth-order valence-electron chi connectivity index (χ4n) is 2.28. The summed E-state index contributed by atoms with van der Waals surface area (Å²) in [5.74, 6) is 0.307. The van der Waals surface area contributed by atoms with Crippen LogP contribution in [0.3, 0.4) is 0 Å². The molecule has 0 saturated heterocycles. The first-order valence-corrected chi connectivity index (χ1v) is 7.04. The number of hydrogen-bond donors (Lipinski definition) is 1. The zero-order chi connectivity index (χ0) is 13.2. The molecule has 2 saturated carbocycles. The lowest BCUT2D eigenvalue weighted by Gasteiger charge is -2.23. The van der Waals surface area contributed by atoms with Gasteiger partial charge in [0.1, 0.15) is 0 Å². The molecule has 0 aliphatic heterocycles. The maximum absolute atomic E-state index is 14.5. The van der Waals surface area contributed by atoms with Gasteiger partial charge in [-0.25, -0.2) is 9.37 Å². The van der Waals surface area contributed by atoms with Crippen molar-refractivity contribution in [2.24, 2.45) is 0 Å². The second-order valence-electron chi connectivity index (χ2n) is 5.44. The predicted molar refractivity (Wildman–Crippen MR) is 74.6 cm³/mol. The van der Waals surface area contributed by atoms with Crippen LogP contribution in [0.1, 0.15) is 31.2 Å². The van der Waals surface area contributed by atoms with Gasteiger partial charge in [-0.15, -0.1) is 6.58 Å². The van der Waals surface area contributed by atoms with Crippen LogP contribution in [-0.4, -0.2) is 23.6 Å². The van der Waals surface area contributed by atoms with E-state index >= 15 is 0 Å². The molecular formula is C15H20FN3. The standard InChI is InChI=1S/C15H20FN3/c1-2-9-19(13-5-6-13)15-14(16)11(7-8-17-15)10-18-12-3-4-12/h2,7-8,12-13,18H,1,3-6,9-10H2. The molecule has 0 atom stereocenters. The van der Waals surface area contributed by atoms with E-state index in [1.807, 2.05) is 11.0 Å². The Labute approximate surface area is 113 Å². The molecule has 3 nitrogen and oxygen atoms in total. The van der Waals surface area contributed by atoms with Gasteiger partial charge < -0.3 is 10.2 Å². The van der Waals surface area contributed by atoms with Crippen LogP contribution in [0.5, 0.6) is 0 Å². The second kappa shape index (κ2) is 5.29. The van der Waals surface area contributed by atoms with E-state index in [2.05, 4.69) is 16.9 Å². The first kappa shape index (κ1) is 12.6. The lowest BCUT2D eigenvalue weighted by atomic mass is 10.2. The summed E-state index contributed by atoms with van der Waals surface area (Å²) in [6.45, 7) is 5.01. The average Bonchev–Trinajstić information content (AvgIpc) is 3.28. The molecule has 1 heterocycles. The molecule has 3 rings (SSSR count). The smallest absolute Gasteiger partial charge is 0.170 e. The van der Waals surface area contributed by atoms with E-state index in [9.17, 15) is 4.39 Å². The third-order valence-corrected chi connectivity index (χ3v) is 3.69. The molecule has 2 aliphatic rings. The van der Waals surface area contributed by atoms with Crippen LogP contribution in [0, 0.1) is 5.82 Å². The zero-order valence-electron chi connectivity index (χ0n) is 11.1. The van der Waals surface area contributed by atoms with Crippen molar-refractivity contribution in [1.29, 1.82) is 0 Å². The van der Waals surface area contributed by atoms with Crippen LogP contribution >= 0.6 is 0 Å². The normalized spacial score (nSPS) is 18.4. The molecular weight excluding hydrogens is 241 g/mol. The summed E-state index contributed by atoms with van der Waals surface area (Å²) in [7, 11) is 0. The summed E-state index contributed by atoms with van der Waals surface area (Å²) in [4.78, 5) is 6.27. The number of aromatic nitrogens is 1. The van der Waals surface area contributed by atoms with Crippen LogP contribution in [0.4, 0.5) is 10.2 Å². The number of hydrogen-bond acceptors (Lipinski definition) is 3. The molecule has 4 heteroatoms. The van der Waals surface area contributed by atoms with Crippen molar-refractivity contribution < 1.29 is 4.39 Å². The number of pyridine rings is 1. The van der Waals surface area contributed by atoms with E-state index in [1.165, 1.54) is 12.8 Å². The Bertz CT molecular complexity index is 466. The van der Waals surface area contributed by atoms with Gasteiger partial charge in [-0.1, -0.05) is 6.08 Å². The van der Waals surface area contributed by atoms with Gasteiger partial charge in [0.2, 0.25) is 0 Å². The minimum Gasteiger partial charge on any atom is -0.347 e. The monoisotopic (exact) mass is 261 g/mol. The topological polar surface area (TPSA) is 28.2 Å². The molecule has 0 spiro atoms. The first-order chi connectivity index (χ1) is 9.29. The minimum atomic E-state index is -0.176. The highest BCUT2D eigenvalue weighted by Gasteiger charge is 2.31. The molecule has 1 aromatic heterocycles. The van der Waals surface area contributed by atoms with Crippen molar-refractivity contribution in [2.45, 2.75) is 44.3 Å². The first-order valence-electron chi connectivity index (χ1n) is 7.04. The summed E-state index contributed by atoms with van der Waals surface area (Å²) in [5.41, 5.74) is 0.714. The number of nitrogens with zero attached hydrogens (tertiary/aromatic N) is 2. The summed E-state index contributed by atoms with van der Waals surface area (Å²) in [5, 5.41) is 3.35. The molecule has 0 amide bonds. The number of rotatable bonds is 7. The minimum absolute atomic E-state index is 0.176. The molecule has 2 aliphatic carbocycles. The summed E-state index contributed by atoms with van der Waals surface area (Å²) in [6, 6.07) is 2.79. The van der Waals surface area contributed by atoms with Crippen molar-refractivity contribution in [3.05, 3.63) is 36.3 Å². The largest absolute Gasteiger partial charge is 0.347 e. The molecule has 2 fully saturated rings. The van der Waals surface area contributed by atoms with Crippen LogP contribution in [-0.2, 0) is 6.54 Å². The van der Waals surface area contributed by atoms with Crippen molar-refractivity contribution in [3.8, 4) is 0 Å². The van der Waals surface area contributed by atoms with Gasteiger partial charge >= 0.3 is 0 Å².